The number of hydrogen-bond donors (Lipinski definition) is 1. The molecule has 0 spiro atoms. The minimum atomic E-state index is 0.630. The Morgan fingerprint density at radius 2 is 1.88 bits per heavy atom. The lowest BCUT2D eigenvalue weighted by Gasteiger charge is -2.37. The zero-order valence-electron chi connectivity index (χ0n) is 10.9. The van der Waals surface area contributed by atoms with E-state index in [0.717, 1.165) is 32.7 Å². The van der Waals surface area contributed by atoms with Gasteiger partial charge < -0.3 is 15.5 Å². The number of likely N-dealkylation sites (N-methyl/N-ethyl adjacent to an activating group) is 1. The highest BCUT2D eigenvalue weighted by Crippen LogP contribution is 2.25. The fraction of sp³-hybridized carbons (Fsp3) is 0.571. The minimum absolute atomic E-state index is 0.630. The van der Waals surface area contributed by atoms with Gasteiger partial charge in [0.2, 0.25) is 0 Å². The van der Waals surface area contributed by atoms with Crippen molar-refractivity contribution >= 4 is 5.69 Å². The first-order valence-electron chi connectivity index (χ1n) is 6.52. The maximum Gasteiger partial charge on any atom is 0.0442 e. The summed E-state index contributed by atoms with van der Waals surface area (Å²) in [7, 11) is 0. The molecular formula is C14H23N3. The van der Waals surface area contributed by atoms with E-state index in [1.807, 2.05) is 0 Å². The topological polar surface area (TPSA) is 32.5 Å². The van der Waals surface area contributed by atoms with Crippen molar-refractivity contribution in [2.24, 2.45) is 5.73 Å². The normalized spacial score (nSPS) is 17.5. The number of anilines is 1. The average Bonchev–Trinajstić information content (AvgIpc) is 2.38. The Bertz CT molecular complexity index is 368. The molecule has 1 heterocycles. The molecule has 1 fully saturated rings. The fourth-order valence-electron chi connectivity index (χ4n) is 2.62. The molecule has 0 radical (unpaired) electrons. The van der Waals surface area contributed by atoms with Crippen molar-refractivity contribution in [2.45, 2.75) is 20.4 Å². The van der Waals surface area contributed by atoms with Crippen LogP contribution in [0.5, 0.6) is 0 Å². The first kappa shape index (κ1) is 12.4. The third-order valence-electron chi connectivity index (χ3n) is 3.68. The number of piperazine rings is 1. The summed E-state index contributed by atoms with van der Waals surface area (Å²) in [4.78, 5) is 4.99. The molecule has 0 amide bonds. The number of aryl methyl sites for hydroxylation is 1. The summed E-state index contributed by atoms with van der Waals surface area (Å²) in [6.45, 7) is 10.8. The second-order valence-corrected chi connectivity index (χ2v) is 4.71. The number of nitrogens with two attached hydrogens (primary N) is 1. The molecule has 1 aliphatic heterocycles. The largest absolute Gasteiger partial charge is 0.368 e. The molecule has 0 bridgehead atoms. The summed E-state index contributed by atoms with van der Waals surface area (Å²) in [6.07, 6.45) is 0. The molecule has 0 aliphatic carbocycles. The van der Waals surface area contributed by atoms with Crippen LogP contribution in [0.2, 0.25) is 0 Å². The molecule has 17 heavy (non-hydrogen) atoms. The first-order chi connectivity index (χ1) is 8.26. The molecular weight excluding hydrogens is 210 g/mol. The van der Waals surface area contributed by atoms with Gasteiger partial charge in [0.25, 0.3) is 0 Å². The predicted molar refractivity (Wildman–Crippen MR) is 73.4 cm³/mol. The number of benzene rings is 1. The van der Waals surface area contributed by atoms with Crippen molar-refractivity contribution in [1.29, 1.82) is 0 Å². The van der Waals surface area contributed by atoms with Crippen molar-refractivity contribution in [3.8, 4) is 0 Å². The van der Waals surface area contributed by atoms with E-state index in [1.54, 1.807) is 0 Å². The molecule has 2 N–H and O–H groups in total. The smallest absolute Gasteiger partial charge is 0.0442 e. The number of hydrogen-bond acceptors (Lipinski definition) is 3. The molecule has 2 rings (SSSR count). The van der Waals surface area contributed by atoms with Crippen LogP contribution in [0.15, 0.2) is 18.2 Å². The molecule has 0 saturated carbocycles. The first-order valence-corrected chi connectivity index (χ1v) is 6.52. The van der Waals surface area contributed by atoms with Gasteiger partial charge >= 0.3 is 0 Å². The van der Waals surface area contributed by atoms with Crippen LogP contribution in [0.1, 0.15) is 18.1 Å². The predicted octanol–water partition coefficient (Wildman–Crippen LogP) is 1.60. The van der Waals surface area contributed by atoms with Crippen molar-refractivity contribution in [2.75, 3.05) is 37.6 Å². The Morgan fingerprint density at radius 3 is 2.47 bits per heavy atom. The van der Waals surface area contributed by atoms with Gasteiger partial charge in [-0.25, -0.2) is 0 Å². The van der Waals surface area contributed by atoms with Gasteiger partial charge in [0.1, 0.15) is 0 Å². The monoisotopic (exact) mass is 233 g/mol. The number of rotatable bonds is 3. The summed E-state index contributed by atoms with van der Waals surface area (Å²) >= 11 is 0. The van der Waals surface area contributed by atoms with E-state index in [4.69, 9.17) is 5.73 Å². The second kappa shape index (κ2) is 5.52. The maximum absolute atomic E-state index is 5.84. The van der Waals surface area contributed by atoms with Crippen LogP contribution in [0, 0.1) is 6.92 Å². The molecule has 3 nitrogen and oxygen atoms in total. The van der Waals surface area contributed by atoms with Gasteiger partial charge in [-0.3, -0.25) is 0 Å². The van der Waals surface area contributed by atoms with Crippen LogP contribution in [0.25, 0.3) is 0 Å². The molecule has 0 unspecified atom stereocenters. The van der Waals surface area contributed by atoms with Crippen molar-refractivity contribution in [3.05, 3.63) is 29.3 Å². The van der Waals surface area contributed by atoms with Gasteiger partial charge in [0, 0.05) is 38.4 Å². The molecule has 3 heteroatoms. The Kier molecular flexibility index (Phi) is 4.02. The van der Waals surface area contributed by atoms with E-state index in [9.17, 15) is 0 Å². The van der Waals surface area contributed by atoms with E-state index in [2.05, 4.69) is 41.8 Å². The quantitative estimate of drug-likeness (QED) is 0.860. The lowest BCUT2D eigenvalue weighted by molar-refractivity contribution is 0.271. The van der Waals surface area contributed by atoms with E-state index >= 15 is 0 Å². The van der Waals surface area contributed by atoms with E-state index < -0.39 is 0 Å². The Balaban J connectivity index is 2.17. The summed E-state index contributed by atoms with van der Waals surface area (Å²) in [6, 6.07) is 6.43. The Morgan fingerprint density at radius 1 is 1.18 bits per heavy atom. The van der Waals surface area contributed by atoms with Gasteiger partial charge in [0.05, 0.1) is 0 Å². The van der Waals surface area contributed by atoms with E-state index in [1.165, 1.54) is 16.8 Å². The minimum Gasteiger partial charge on any atom is -0.368 e. The van der Waals surface area contributed by atoms with Gasteiger partial charge in [-0.05, 0) is 24.6 Å². The lowest BCUT2D eigenvalue weighted by atomic mass is 10.1. The zero-order valence-corrected chi connectivity index (χ0v) is 10.9. The highest BCUT2D eigenvalue weighted by molar-refractivity contribution is 5.59. The van der Waals surface area contributed by atoms with Crippen molar-refractivity contribution in [3.63, 3.8) is 0 Å². The third-order valence-corrected chi connectivity index (χ3v) is 3.68. The zero-order chi connectivity index (χ0) is 12.3. The maximum atomic E-state index is 5.84. The molecule has 1 aliphatic rings. The Hall–Kier alpha value is -1.06. The van der Waals surface area contributed by atoms with E-state index in [0.29, 0.717) is 6.54 Å². The van der Waals surface area contributed by atoms with Gasteiger partial charge in [-0.15, -0.1) is 0 Å². The number of nitrogens with zero attached hydrogens (tertiary/aromatic N) is 2. The third kappa shape index (κ3) is 2.61. The highest BCUT2D eigenvalue weighted by Gasteiger charge is 2.18. The van der Waals surface area contributed by atoms with Crippen molar-refractivity contribution in [1.82, 2.24) is 4.90 Å². The molecule has 1 aromatic carbocycles. The van der Waals surface area contributed by atoms with Crippen LogP contribution >= 0.6 is 0 Å². The highest BCUT2D eigenvalue weighted by atomic mass is 15.3. The van der Waals surface area contributed by atoms with Crippen LogP contribution in [0.3, 0.4) is 0 Å². The lowest BCUT2D eigenvalue weighted by Crippen LogP contribution is -2.46. The van der Waals surface area contributed by atoms with E-state index in [-0.39, 0.29) is 0 Å². The van der Waals surface area contributed by atoms with Gasteiger partial charge in [-0.1, -0.05) is 25.1 Å². The van der Waals surface area contributed by atoms with Crippen LogP contribution < -0.4 is 10.6 Å². The second-order valence-electron chi connectivity index (χ2n) is 4.71. The molecule has 0 aromatic heterocycles. The van der Waals surface area contributed by atoms with Crippen molar-refractivity contribution < 1.29 is 0 Å². The summed E-state index contributed by atoms with van der Waals surface area (Å²) < 4.78 is 0. The van der Waals surface area contributed by atoms with Gasteiger partial charge in [0.15, 0.2) is 0 Å². The standard InChI is InChI=1S/C14H23N3/c1-3-16-7-9-17(10-8-16)14-12(2)5-4-6-13(14)11-15/h4-6H,3,7-11,15H2,1-2H3. The molecule has 94 valence electrons. The number of para-hydroxylation sites is 1. The molecule has 1 aromatic rings. The van der Waals surface area contributed by atoms with Crippen LogP contribution in [-0.4, -0.2) is 37.6 Å². The van der Waals surface area contributed by atoms with Gasteiger partial charge in [-0.2, -0.15) is 0 Å². The summed E-state index contributed by atoms with van der Waals surface area (Å²) in [5.74, 6) is 0. The fourth-order valence-corrected chi connectivity index (χ4v) is 2.62. The van der Waals surface area contributed by atoms with Crippen LogP contribution in [0.4, 0.5) is 5.69 Å². The molecule has 1 saturated heterocycles. The molecule has 0 atom stereocenters. The summed E-state index contributed by atoms with van der Waals surface area (Å²) in [5, 5.41) is 0. The average molecular weight is 233 g/mol. The SMILES string of the molecule is CCN1CCN(c2c(C)cccc2CN)CC1. The van der Waals surface area contributed by atoms with Crippen LogP contribution in [-0.2, 0) is 6.54 Å². The Labute approximate surface area is 104 Å². The summed E-state index contributed by atoms with van der Waals surface area (Å²) in [5.41, 5.74) is 9.83.